The Balaban J connectivity index is 1.73. The van der Waals surface area contributed by atoms with Crippen LogP contribution in [0.25, 0.3) is 0 Å². The quantitative estimate of drug-likeness (QED) is 0.230. The summed E-state index contributed by atoms with van der Waals surface area (Å²) in [5.41, 5.74) is 2.60. The summed E-state index contributed by atoms with van der Waals surface area (Å²) in [6.45, 7) is 10.2. The molecule has 2 aromatic carbocycles. The smallest absolute Gasteiger partial charge is 0.271 e. The summed E-state index contributed by atoms with van der Waals surface area (Å²) in [6.07, 6.45) is 0. The van der Waals surface area contributed by atoms with Gasteiger partial charge in [0.15, 0.2) is 11.0 Å². The average molecular weight is 511 g/mol. The van der Waals surface area contributed by atoms with Crippen LogP contribution in [0.2, 0.25) is 0 Å². The fraction of sp³-hybridized carbons (Fsp3) is 0.360. The first-order valence-electron chi connectivity index (χ1n) is 11.6. The van der Waals surface area contributed by atoms with E-state index in [0.29, 0.717) is 28.8 Å². The first kappa shape index (κ1) is 26.9. The molecule has 0 radical (unpaired) electrons. The molecule has 10 nitrogen and oxygen atoms in total. The zero-order chi connectivity index (χ0) is 26.4. The third-order valence-electron chi connectivity index (χ3n) is 5.61. The van der Waals surface area contributed by atoms with Gasteiger partial charge in [-0.25, -0.2) is 0 Å². The highest BCUT2D eigenvalue weighted by Gasteiger charge is 2.26. The van der Waals surface area contributed by atoms with Gasteiger partial charge in [0.1, 0.15) is 0 Å². The van der Waals surface area contributed by atoms with Crippen molar-refractivity contribution in [3.63, 3.8) is 0 Å². The molecule has 0 saturated carbocycles. The van der Waals surface area contributed by atoms with Crippen LogP contribution >= 0.6 is 11.8 Å². The molecule has 0 spiro atoms. The Morgan fingerprint density at radius 1 is 1.14 bits per heavy atom. The number of thioether (sulfide) groups is 1. The van der Waals surface area contributed by atoms with Crippen LogP contribution in [0.3, 0.4) is 0 Å². The summed E-state index contributed by atoms with van der Waals surface area (Å²) >= 11 is 1.21. The predicted molar refractivity (Wildman–Crippen MR) is 139 cm³/mol. The SMILES string of the molecule is CCn1c(SCC(=O)Nc2cc([N+](=O)[O-])ccc2C)nnc1[C@@H](NC(=O)c1cccc(C)c1)C(C)C. The van der Waals surface area contributed by atoms with E-state index < -0.39 is 4.92 Å². The second-order valence-corrected chi connectivity index (χ2v) is 9.69. The van der Waals surface area contributed by atoms with Crippen molar-refractivity contribution >= 4 is 35.0 Å². The van der Waals surface area contributed by atoms with E-state index in [1.807, 2.05) is 50.5 Å². The Kier molecular flexibility index (Phi) is 8.81. The lowest BCUT2D eigenvalue weighted by Gasteiger charge is -2.22. The van der Waals surface area contributed by atoms with Crippen molar-refractivity contribution in [1.82, 2.24) is 20.1 Å². The Bertz CT molecular complexity index is 1270. The van der Waals surface area contributed by atoms with Crippen LogP contribution in [-0.2, 0) is 11.3 Å². The lowest BCUT2D eigenvalue weighted by atomic mass is 10.0. The van der Waals surface area contributed by atoms with Gasteiger partial charge < -0.3 is 15.2 Å². The number of benzene rings is 2. The molecule has 0 aliphatic heterocycles. The number of nitro benzene ring substituents is 1. The molecule has 11 heteroatoms. The van der Waals surface area contributed by atoms with Crippen LogP contribution < -0.4 is 10.6 Å². The number of aryl methyl sites for hydroxylation is 2. The van der Waals surface area contributed by atoms with Crippen molar-refractivity contribution in [2.24, 2.45) is 5.92 Å². The van der Waals surface area contributed by atoms with E-state index in [0.717, 1.165) is 11.1 Å². The lowest BCUT2D eigenvalue weighted by Crippen LogP contribution is -2.33. The molecule has 36 heavy (non-hydrogen) atoms. The van der Waals surface area contributed by atoms with Gasteiger partial charge in [-0.05, 0) is 44.4 Å². The number of aromatic nitrogens is 3. The van der Waals surface area contributed by atoms with E-state index >= 15 is 0 Å². The summed E-state index contributed by atoms with van der Waals surface area (Å²) in [4.78, 5) is 36.0. The molecule has 0 unspecified atom stereocenters. The Labute approximate surface area is 214 Å². The number of hydrogen-bond acceptors (Lipinski definition) is 7. The number of amides is 2. The lowest BCUT2D eigenvalue weighted by molar-refractivity contribution is -0.384. The summed E-state index contributed by atoms with van der Waals surface area (Å²) in [5, 5.41) is 26.0. The number of nitrogens with zero attached hydrogens (tertiary/aromatic N) is 4. The number of carbonyl (C=O) groups is 2. The van der Waals surface area contributed by atoms with Crippen molar-refractivity contribution in [3.8, 4) is 0 Å². The monoisotopic (exact) mass is 510 g/mol. The maximum Gasteiger partial charge on any atom is 0.271 e. The molecule has 0 bridgehead atoms. The minimum atomic E-state index is -0.502. The topological polar surface area (TPSA) is 132 Å². The first-order valence-corrected chi connectivity index (χ1v) is 12.6. The fourth-order valence-electron chi connectivity index (χ4n) is 3.65. The molecule has 0 aliphatic rings. The molecule has 2 amide bonds. The van der Waals surface area contributed by atoms with Gasteiger partial charge in [-0.1, -0.05) is 49.4 Å². The van der Waals surface area contributed by atoms with Crippen LogP contribution in [0.1, 0.15) is 54.1 Å². The molecule has 2 N–H and O–H groups in total. The maximum absolute atomic E-state index is 12.9. The Hall–Kier alpha value is -3.73. The summed E-state index contributed by atoms with van der Waals surface area (Å²) in [6, 6.07) is 11.3. The van der Waals surface area contributed by atoms with Gasteiger partial charge in [0, 0.05) is 24.2 Å². The van der Waals surface area contributed by atoms with E-state index in [4.69, 9.17) is 0 Å². The Morgan fingerprint density at radius 2 is 1.89 bits per heavy atom. The summed E-state index contributed by atoms with van der Waals surface area (Å²) in [5.74, 6) is 0.201. The molecule has 190 valence electrons. The minimum absolute atomic E-state index is 0.0439. The number of rotatable bonds is 10. The van der Waals surface area contributed by atoms with Crippen LogP contribution in [0.5, 0.6) is 0 Å². The zero-order valence-corrected chi connectivity index (χ0v) is 21.8. The Morgan fingerprint density at radius 3 is 2.53 bits per heavy atom. The highest BCUT2D eigenvalue weighted by atomic mass is 32.2. The normalized spacial score (nSPS) is 11.8. The van der Waals surface area contributed by atoms with Crippen LogP contribution in [0.4, 0.5) is 11.4 Å². The number of hydrogen-bond donors (Lipinski definition) is 2. The van der Waals surface area contributed by atoms with Gasteiger partial charge >= 0.3 is 0 Å². The van der Waals surface area contributed by atoms with E-state index in [9.17, 15) is 19.7 Å². The number of anilines is 1. The molecule has 3 aromatic rings. The molecular formula is C25H30N6O4S. The van der Waals surface area contributed by atoms with E-state index in [1.54, 1.807) is 19.1 Å². The number of nitro groups is 1. The van der Waals surface area contributed by atoms with Gasteiger partial charge in [-0.2, -0.15) is 0 Å². The van der Waals surface area contributed by atoms with Crippen molar-refractivity contribution in [2.75, 3.05) is 11.1 Å². The van der Waals surface area contributed by atoms with Crippen molar-refractivity contribution in [2.45, 2.75) is 52.4 Å². The first-order chi connectivity index (χ1) is 17.1. The van der Waals surface area contributed by atoms with Gasteiger partial charge in [-0.3, -0.25) is 19.7 Å². The number of carbonyl (C=O) groups excluding carboxylic acids is 2. The largest absolute Gasteiger partial charge is 0.342 e. The maximum atomic E-state index is 12.9. The third kappa shape index (κ3) is 6.48. The van der Waals surface area contributed by atoms with Crippen molar-refractivity contribution in [3.05, 3.63) is 75.1 Å². The van der Waals surface area contributed by atoms with E-state index in [-0.39, 0.29) is 35.2 Å². The molecular weight excluding hydrogens is 480 g/mol. The van der Waals surface area contributed by atoms with Gasteiger partial charge in [-0.15, -0.1) is 10.2 Å². The summed E-state index contributed by atoms with van der Waals surface area (Å²) < 4.78 is 1.89. The molecule has 1 heterocycles. The van der Waals surface area contributed by atoms with E-state index in [1.165, 1.54) is 23.9 Å². The average Bonchev–Trinajstić information content (AvgIpc) is 3.24. The van der Waals surface area contributed by atoms with Crippen LogP contribution in [0, 0.1) is 29.9 Å². The minimum Gasteiger partial charge on any atom is -0.342 e. The molecule has 1 aromatic heterocycles. The van der Waals surface area contributed by atoms with Gasteiger partial charge in [0.25, 0.3) is 11.6 Å². The molecule has 1 atom stereocenters. The second kappa shape index (κ2) is 11.8. The highest BCUT2D eigenvalue weighted by molar-refractivity contribution is 7.99. The summed E-state index contributed by atoms with van der Waals surface area (Å²) in [7, 11) is 0. The number of nitrogens with one attached hydrogen (secondary N) is 2. The standard InChI is InChI=1S/C25H30N6O4S/c1-6-30-23(22(15(2)3)27-24(33)18-9-7-8-16(4)12-18)28-29-25(30)36-14-21(32)26-20-13-19(31(34)35)11-10-17(20)5/h7-13,15,22H,6,14H2,1-5H3,(H,26,32)(H,27,33)/t22-/m0/s1. The number of non-ortho nitro benzene ring substituents is 1. The molecule has 3 rings (SSSR count). The molecule has 0 aliphatic carbocycles. The predicted octanol–water partition coefficient (Wildman–Crippen LogP) is 4.68. The molecule has 0 fully saturated rings. The third-order valence-corrected chi connectivity index (χ3v) is 6.58. The molecule has 0 saturated heterocycles. The van der Waals surface area contributed by atoms with E-state index in [2.05, 4.69) is 20.8 Å². The second-order valence-electron chi connectivity index (χ2n) is 8.74. The van der Waals surface area contributed by atoms with Crippen LogP contribution in [0.15, 0.2) is 47.6 Å². The zero-order valence-electron chi connectivity index (χ0n) is 20.9. The van der Waals surface area contributed by atoms with Crippen molar-refractivity contribution in [1.29, 1.82) is 0 Å². The fourth-order valence-corrected chi connectivity index (χ4v) is 4.46. The highest BCUT2D eigenvalue weighted by Crippen LogP contribution is 2.26. The van der Waals surface area contributed by atoms with Crippen molar-refractivity contribution < 1.29 is 14.5 Å². The van der Waals surface area contributed by atoms with Gasteiger partial charge in [0.05, 0.1) is 22.4 Å². The van der Waals surface area contributed by atoms with Gasteiger partial charge in [0.2, 0.25) is 5.91 Å². The van der Waals surface area contributed by atoms with Crippen LogP contribution in [-0.4, -0.2) is 37.3 Å².